The molecule has 0 unspecified atom stereocenters. The fourth-order valence-corrected chi connectivity index (χ4v) is 3.28. The average molecular weight is 386 g/mol. The molecular formula is C22H22N6O. The summed E-state index contributed by atoms with van der Waals surface area (Å²) in [6, 6.07) is 7.73. The van der Waals surface area contributed by atoms with E-state index in [0.717, 1.165) is 39.2 Å². The highest BCUT2D eigenvalue weighted by Crippen LogP contribution is 2.32. The molecule has 2 N–H and O–H groups in total. The number of nitrogens with zero attached hydrogens (tertiary/aromatic N) is 5. The molecule has 0 aliphatic carbocycles. The summed E-state index contributed by atoms with van der Waals surface area (Å²) in [6.07, 6.45) is 7.00. The number of rotatable bonds is 4. The molecule has 7 nitrogen and oxygen atoms in total. The standard InChI is InChI=1S/C22H22N6O/c1-13-7-8-23-11-17(13)18-9-16-19(12-24-18)27-22(29)21(16)14(2)26-15-5-6-20(25-10-15)28(3)4/h5-12,27,29H,1-4H3. The smallest absolute Gasteiger partial charge is 0.198 e. The zero-order valence-corrected chi connectivity index (χ0v) is 16.8. The minimum atomic E-state index is 0.0704. The molecule has 0 spiro atoms. The van der Waals surface area contributed by atoms with Crippen molar-refractivity contribution in [2.24, 2.45) is 4.99 Å². The van der Waals surface area contributed by atoms with Gasteiger partial charge in [0.1, 0.15) is 5.82 Å². The summed E-state index contributed by atoms with van der Waals surface area (Å²) in [6.45, 7) is 3.90. The van der Waals surface area contributed by atoms with E-state index in [1.165, 1.54) is 0 Å². The first-order valence-corrected chi connectivity index (χ1v) is 9.24. The van der Waals surface area contributed by atoms with Crippen LogP contribution < -0.4 is 4.90 Å². The first-order valence-electron chi connectivity index (χ1n) is 9.24. The Labute approximate surface area is 168 Å². The number of aromatic amines is 1. The fourth-order valence-electron chi connectivity index (χ4n) is 3.28. The van der Waals surface area contributed by atoms with Gasteiger partial charge in [-0.2, -0.15) is 0 Å². The van der Waals surface area contributed by atoms with E-state index in [4.69, 9.17) is 0 Å². The quantitative estimate of drug-likeness (QED) is 0.512. The number of anilines is 1. The molecule has 29 heavy (non-hydrogen) atoms. The van der Waals surface area contributed by atoms with E-state index >= 15 is 0 Å². The number of hydrogen-bond donors (Lipinski definition) is 2. The predicted molar refractivity (Wildman–Crippen MR) is 116 cm³/mol. The highest BCUT2D eigenvalue weighted by atomic mass is 16.3. The Kier molecular flexibility index (Phi) is 4.72. The molecule has 4 rings (SSSR count). The molecule has 146 valence electrons. The van der Waals surface area contributed by atoms with E-state index in [0.29, 0.717) is 11.3 Å². The molecule has 4 heterocycles. The molecule has 0 radical (unpaired) electrons. The van der Waals surface area contributed by atoms with Crippen LogP contribution in [0.15, 0.2) is 54.0 Å². The van der Waals surface area contributed by atoms with Gasteiger partial charge in [0.25, 0.3) is 0 Å². The van der Waals surface area contributed by atoms with Crippen LogP contribution in [-0.2, 0) is 0 Å². The maximum absolute atomic E-state index is 10.5. The number of hydrogen-bond acceptors (Lipinski definition) is 6. The van der Waals surface area contributed by atoms with Crippen molar-refractivity contribution in [3.63, 3.8) is 0 Å². The van der Waals surface area contributed by atoms with Crippen molar-refractivity contribution in [3.8, 4) is 17.1 Å². The molecule has 4 aromatic heterocycles. The third-order valence-electron chi connectivity index (χ3n) is 4.83. The van der Waals surface area contributed by atoms with Crippen LogP contribution in [0.25, 0.3) is 22.2 Å². The summed E-state index contributed by atoms with van der Waals surface area (Å²) in [7, 11) is 3.88. The van der Waals surface area contributed by atoms with Gasteiger partial charge in [-0.1, -0.05) is 0 Å². The van der Waals surface area contributed by atoms with E-state index in [9.17, 15) is 5.11 Å². The average Bonchev–Trinajstić information content (AvgIpc) is 3.03. The van der Waals surface area contributed by atoms with Crippen LogP contribution in [0.4, 0.5) is 11.5 Å². The molecule has 0 saturated carbocycles. The number of aryl methyl sites for hydroxylation is 1. The first kappa shape index (κ1) is 18.6. The minimum Gasteiger partial charge on any atom is -0.494 e. The van der Waals surface area contributed by atoms with Crippen molar-refractivity contribution < 1.29 is 5.11 Å². The molecule has 0 aliphatic rings. The number of pyridine rings is 3. The van der Waals surface area contributed by atoms with E-state index < -0.39 is 0 Å². The molecule has 0 bridgehead atoms. The van der Waals surface area contributed by atoms with Gasteiger partial charge >= 0.3 is 0 Å². The summed E-state index contributed by atoms with van der Waals surface area (Å²) >= 11 is 0. The Balaban J connectivity index is 1.79. The molecule has 0 amide bonds. The van der Waals surface area contributed by atoms with Crippen LogP contribution in [-0.4, -0.2) is 44.8 Å². The van der Waals surface area contributed by atoms with E-state index in [-0.39, 0.29) is 5.88 Å². The second-order valence-corrected chi connectivity index (χ2v) is 7.12. The maximum atomic E-state index is 10.5. The van der Waals surface area contributed by atoms with Gasteiger partial charge in [-0.15, -0.1) is 0 Å². The zero-order chi connectivity index (χ0) is 20.5. The van der Waals surface area contributed by atoms with Crippen molar-refractivity contribution in [1.82, 2.24) is 19.9 Å². The number of nitrogens with one attached hydrogen (secondary N) is 1. The largest absolute Gasteiger partial charge is 0.494 e. The van der Waals surface area contributed by atoms with Crippen molar-refractivity contribution in [2.45, 2.75) is 13.8 Å². The second kappa shape index (κ2) is 7.35. The Hall–Kier alpha value is -3.74. The topological polar surface area (TPSA) is 90.3 Å². The predicted octanol–water partition coefficient (Wildman–Crippen LogP) is 4.24. The van der Waals surface area contributed by atoms with Gasteiger partial charge in [0.05, 0.1) is 40.6 Å². The molecule has 0 aromatic carbocycles. The monoisotopic (exact) mass is 386 g/mol. The summed E-state index contributed by atoms with van der Waals surface area (Å²) < 4.78 is 0. The van der Waals surface area contributed by atoms with Crippen LogP contribution >= 0.6 is 0 Å². The normalized spacial score (nSPS) is 11.8. The Bertz CT molecular complexity index is 1210. The number of aromatic hydroxyl groups is 1. The summed E-state index contributed by atoms with van der Waals surface area (Å²) in [5.41, 5.74) is 5.66. The van der Waals surface area contributed by atoms with E-state index in [2.05, 4.69) is 24.9 Å². The van der Waals surface area contributed by atoms with E-state index in [1.54, 1.807) is 24.8 Å². The summed E-state index contributed by atoms with van der Waals surface area (Å²) in [5, 5.41) is 11.4. The number of aromatic nitrogens is 4. The highest BCUT2D eigenvalue weighted by Gasteiger charge is 2.16. The Morgan fingerprint density at radius 1 is 1.10 bits per heavy atom. The summed E-state index contributed by atoms with van der Waals surface area (Å²) in [5.74, 6) is 0.931. The van der Waals surface area contributed by atoms with Crippen LogP contribution in [0.3, 0.4) is 0 Å². The molecule has 7 heteroatoms. The molecular weight excluding hydrogens is 364 g/mol. The molecule has 0 saturated heterocycles. The van der Waals surface area contributed by atoms with Crippen molar-refractivity contribution >= 4 is 28.1 Å². The second-order valence-electron chi connectivity index (χ2n) is 7.12. The van der Waals surface area contributed by atoms with Gasteiger partial charge in [0.15, 0.2) is 5.88 Å². The Morgan fingerprint density at radius 2 is 1.93 bits per heavy atom. The number of aliphatic imine (C=N–C) groups is 1. The zero-order valence-electron chi connectivity index (χ0n) is 16.8. The maximum Gasteiger partial charge on any atom is 0.198 e. The molecule has 4 aromatic rings. The van der Waals surface area contributed by atoms with Crippen molar-refractivity contribution in [1.29, 1.82) is 0 Å². The molecule has 0 fully saturated rings. The number of H-pyrrole nitrogens is 1. The lowest BCUT2D eigenvalue weighted by atomic mass is 10.0. The van der Waals surface area contributed by atoms with Crippen LogP contribution in [0.1, 0.15) is 18.1 Å². The fraction of sp³-hybridized carbons (Fsp3) is 0.182. The molecule has 0 aliphatic heterocycles. The van der Waals surface area contributed by atoms with Crippen molar-refractivity contribution in [3.05, 3.63) is 60.2 Å². The minimum absolute atomic E-state index is 0.0704. The van der Waals surface area contributed by atoms with Gasteiger partial charge in [0.2, 0.25) is 0 Å². The SMILES string of the molecule is CC(=Nc1ccc(N(C)C)nc1)c1c(O)[nH]c2cnc(-c3cnccc3C)cc12. The van der Waals surface area contributed by atoms with Gasteiger partial charge in [-0.05, 0) is 43.7 Å². The van der Waals surface area contributed by atoms with Gasteiger partial charge < -0.3 is 15.0 Å². The highest BCUT2D eigenvalue weighted by molar-refractivity contribution is 6.13. The van der Waals surface area contributed by atoms with Crippen LogP contribution in [0, 0.1) is 6.92 Å². The third kappa shape index (κ3) is 3.54. The summed E-state index contributed by atoms with van der Waals surface area (Å²) in [4.78, 5) is 22.7. The van der Waals surface area contributed by atoms with Gasteiger partial charge in [-0.25, -0.2) is 4.98 Å². The lowest BCUT2D eigenvalue weighted by Gasteiger charge is -2.10. The lowest BCUT2D eigenvalue weighted by Crippen LogP contribution is -2.09. The van der Waals surface area contributed by atoms with Gasteiger partial charge in [0, 0.05) is 37.4 Å². The third-order valence-corrected chi connectivity index (χ3v) is 4.83. The van der Waals surface area contributed by atoms with Crippen LogP contribution in [0.5, 0.6) is 5.88 Å². The molecule has 0 atom stereocenters. The lowest BCUT2D eigenvalue weighted by molar-refractivity contribution is 0.457. The van der Waals surface area contributed by atoms with Gasteiger partial charge in [-0.3, -0.25) is 15.0 Å². The van der Waals surface area contributed by atoms with E-state index in [1.807, 2.05) is 57.1 Å². The number of fused-ring (bicyclic) bond motifs is 1. The van der Waals surface area contributed by atoms with Crippen molar-refractivity contribution in [2.75, 3.05) is 19.0 Å². The first-order chi connectivity index (χ1) is 13.9. The van der Waals surface area contributed by atoms with Crippen LogP contribution in [0.2, 0.25) is 0 Å². The Morgan fingerprint density at radius 3 is 2.62 bits per heavy atom.